The average Bonchev–Trinajstić information content (AvgIpc) is 2.76. The van der Waals surface area contributed by atoms with Crippen molar-refractivity contribution < 1.29 is 14.3 Å². The molecule has 1 aromatic carbocycles. The van der Waals surface area contributed by atoms with E-state index in [9.17, 15) is 9.59 Å². The standard InChI is InChI=1S/C14H12O3S/c1-9-7-8-18-13(9)14(16)17-12-5-3-11(4-6-12)10(2)15/h3-8H,1-2H3. The number of ether oxygens (including phenoxy) is 1. The first-order valence-electron chi connectivity index (χ1n) is 5.45. The van der Waals surface area contributed by atoms with Crippen molar-refractivity contribution in [2.75, 3.05) is 0 Å². The number of esters is 1. The maximum Gasteiger partial charge on any atom is 0.353 e. The van der Waals surface area contributed by atoms with Gasteiger partial charge in [-0.2, -0.15) is 0 Å². The van der Waals surface area contributed by atoms with Crippen molar-refractivity contribution in [2.45, 2.75) is 13.8 Å². The summed E-state index contributed by atoms with van der Waals surface area (Å²) in [5, 5.41) is 1.85. The number of carbonyl (C=O) groups is 2. The van der Waals surface area contributed by atoms with Crippen LogP contribution in [0.25, 0.3) is 0 Å². The molecule has 18 heavy (non-hydrogen) atoms. The lowest BCUT2D eigenvalue weighted by Gasteiger charge is -2.04. The van der Waals surface area contributed by atoms with Crippen LogP contribution >= 0.6 is 11.3 Å². The van der Waals surface area contributed by atoms with Crippen LogP contribution in [-0.4, -0.2) is 11.8 Å². The van der Waals surface area contributed by atoms with Crippen LogP contribution in [0.5, 0.6) is 5.75 Å². The molecular weight excluding hydrogens is 248 g/mol. The highest BCUT2D eigenvalue weighted by atomic mass is 32.1. The molecule has 0 bridgehead atoms. The molecule has 3 nitrogen and oxygen atoms in total. The number of carbonyl (C=O) groups excluding carboxylic acids is 2. The van der Waals surface area contributed by atoms with Crippen molar-refractivity contribution in [3.05, 3.63) is 51.7 Å². The van der Waals surface area contributed by atoms with Gasteiger partial charge in [-0.15, -0.1) is 11.3 Å². The molecule has 0 aliphatic rings. The number of Topliss-reactive ketones (excluding diaryl/α,β-unsaturated/α-hetero) is 1. The van der Waals surface area contributed by atoms with Crippen LogP contribution in [0.1, 0.15) is 32.5 Å². The Morgan fingerprint density at radius 2 is 1.78 bits per heavy atom. The zero-order valence-corrected chi connectivity index (χ0v) is 10.9. The van der Waals surface area contributed by atoms with Gasteiger partial charge in [0.15, 0.2) is 5.78 Å². The maximum atomic E-state index is 11.8. The normalized spacial score (nSPS) is 10.1. The number of benzene rings is 1. The SMILES string of the molecule is CC(=O)c1ccc(OC(=O)c2sccc2C)cc1. The van der Waals surface area contributed by atoms with Crippen LogP contribution in [0, 0.1) is 6.92 Å². The highest BCUT2D eigenvalue weighted by Gasteiger charge is 2.13. The minimum atomic E-state index is -0.363. The highest BCUT2D eigenvalue weighted by molar-refractivity contribution is 7.12. The summed E-state index contributed by atoms with van der Waals surface area (Å²) in [4.78, 5) is 23.5. The van der Waals surface area contributed by atoms with E-state index in [4.69, 9.17) is 4.74 Å². The Bertz CT molecular complexity index is 581. The van der Waals surface area contributed by atoms with Crippen LogP contribution in [0.15, 0.2) is 35.7 Å². The summed E-state index contributed by atoms with van der Waals surface area (Å²) in [6.07, 6.45) is 0. The summed E-state index contributed by atoms with van der Waals surface area (Å²) in [5.41, 5.74) is 1.51. The molecule has 0 atom stereocenters. The Kier molecular flexibility index (Phi) is 3.58. The quantitative estimate of drug-likeness (QED) is 0.482. The topological polar surface area (TPSA) is 43.4 Å². The number of hydrogen-bond acceptors (Lipinski definition) is 4. The lowest BCUT2D eigenvalue weighted by molar-refractivity contribution is 0.0739. The van der Waals surface area contributed by atoms with Gasteiger partial charge in [-0.1, -0.05) is 0 Å². The molecule has 4 heteroatoms. The predicted octanol–water partition coefficient (Wildman–Crippen LogP) is 3.48. The third kappa shape index (κ3) is 2.65. The largest absolute Gasteiger partial charge is 0.422 e. The van der Waals surface area contributed by atoms with E-state index < -0.39 is 0 Å². The van der Waals surface area contributed by atoms with Gasteiger partial charge < -0.3 is 4.74 Å². The monoisotopic (exact) mass is 260 g/mol. The van der Waals surface area contributed by atoms with Crippen LogP contribution < -0.4 is 4.74 Å². The van der Waals surface area contributed by atoms with E-state index in [0.717, 1.165) is 5.56 Å². The summed E-state index contributed by atoms with van der Waals surface area (Å²) in [5.74, 6) is 0.0675. The summed E-state index contributed by atoms with van der Waals surface area (Å²) >= 11 is 1.36. The zero-order valence-electron chi connectivity index (χ0n) is 10.1. The van der Waals surface area contributed by atoms with Crippen LogP contribution in [0.2, 0.25) is 0 Å². The highest BCUT2D eigenvalue weighted by Crippen LogP contribution is 2.19. The fourth-order valence-corrected chi connectivity index (χ4v) is 2.29. The Balaban J connectivity index is 2.13. The van der Waals surface area contributed by atoms with Crippen molar-refractivity contribution >= 4 is 23.1 Å². The first-order valence-corrected chi connectivity index (χ1v) is 6.33. The molecule has 0 unspecified atom stereocenters. The summed E-state index contributed by atoms with van der Waals surface area (Å²) in [6, 6.07) is 8.41. The number of thiophene rings is 1. The van der Waals surface area contributed by atoms with E-state index in [2.05, 4.69) is 0 Å². The molecule has 0 radical (unpaired) electrons. The molecule has 0 amide bonds. The maximum absolute atomic E-state index is 11.8. The van der Waals surface area contributed by atoms with Gasteiger partial charge in [0.1, 0.15) is 10.6 Å². The molecule has 2 aromatic rings. The molecule has 0 fully saturated rings. The lowest BCUT2D eigenvalue weighted by atomic mass is 10.1. The van der Waals surface area contributed by atoms with Gasteiger partial charge in [-0.05, 0) is 55.1 Å². The predicted molar refractivity (Wildman–Crippen MR) is 70.5 cm³/mol. The molecular formula is C14H12O3S. The van der Waals surface area contributed by atoms with Crippen molar-refractivity contribution in [1.82, 2.24) is 0 Å². The van der Waals surface area contributed by atoms with E-state index in [-0.39, 0.29) is 11.8 Å². The second-order valence-corrected chi connectivity index (χ2v) is 4.82. The summed E-state index contributed by atoms with van der Waals surface area (Å²) < 4.78 is 5.23. The van der Waals surface area contributed by atoms with Gasteiger partial charge in [0.2, 0.25) is 0 Å². The summed E-state index contributed by atoms with van der Waals surface area (Å²) in [6.45, 7) is 3.36. The Hall–Kier alpha value is -1.94. The van der Waals surface area contributed by atoms with E-state index in [1.54, 1.807) is 24.3 Å². The molecule has 2 rings (SSSR count). The van der Waals surface area contributed by atoms with Crippen LogP contribution in [-0.2, 0) is 0 Å². The fraction of sp³-hybridized carbons (Fsp3) is 0.143. The molecule has 1 heterocycles. The third-order valence-corrected chi connectivity index (χ3v) is 3.52. The number of ketones is 1. The van der Waals surface area contributed by atoms with Crippen LogP contribution in [0.3, 0.4) is 0 Å². The molecule has 0 saturated heterocycles. The van der Waals surface area contributed by atoms with Gasteiger partial charge in [-0.25, -0.2) is 4.79 Å². The first-order chi connectivity index (χ1) is 8.58. The lowest BCUT2D eigenvalue weighted by Crippen LogP contribution is -2.07. The molecule has 0 N–H and O–H groups in total. The zero-order chi connectivity index (χ0) is 13.1. The first kappa shape index (κ1) is 12.5. The van der Waals surface area contributed by atoms with Gasteiger partial charge >= 0.3 is 5.97 Å². The number of hydrogen-bond donors (Lipinski definition) is 0. The van der Waals surface area contributed by atoms with Gasteiger partial charge in [0.25, 0.3) is 0 Å². The smallest absolute Gasteiger partial charge is 0.353 e. The summed E-state index contributed by atoms with van der Waals surface area (Å²) in [7, 11) is 0. The van der Waals surface area contributed by atoms with Crippen molar-refractivity contribution in [3.63, 3.8) is 0 Å². The molecule has 0 saturated carbocycles. The molecule has 1 aromatic heterocycles. The van der Waals surface area contributed by atoms with Gasteiger partial charge in [0, 0.05) is 5.56 Å². The Morgan fingerprint density at radius 1 is 1.11 bits per heavy atom. The average molecular weight is 260 g/mol. The van der Waals surface area contributed by atoms with E-state index in [0.29, 0.717) is 16.2 Å². The van der Waals surface area contributed by atoms with Gasteiger partial charge in [-0.3, -0.25) is 4.79 Å². The van der Waals surface area contributed by atoms with E-state index >= 15 is 0 Å². The van der Waals surface area contributed by atoms with Crippen molar-refractivity contribution in [3.8, 4) is 5.75 Å². The second-order valence-electron chi connectivity index (χ2n) is 3.90. The Labute approximate surface area is 109 Å². The Morgan fingerprint density at radius 3 is 2.28 bits per heavy atom. The molecule has 0 spiro atoms. The molecule has 92 valence electrons. The third-order valence-electron chi connectivity index (χ3n) is 2.52. The minimum Gasteiger partial charge on any atom is -0.422 e. The van der Waals surface area contributed by atoms with Crippen LogP contribution in [0.4, 0.5) is 0 Å². The fourth-order valence-electron chi connectivity index (χ4n) is 1.49. The van der Waals surface area contributed by atoms with Crippen molar-refractivity contribution in [2.24, 2.45) is 0 Å². The second kappa shape index (κ2) is 5.14. The number of rotatable bonds is 3. The van der Waals surface area contributed by atoms with E-state index in [1.807, 2.05) is 18.4 Å². The molecule has 0 aliphatic heterocycles. The minimum absolute atomic E-state index is 0.0121. The molecule has 0 aliphatic carbocycles. The van der Waals surface area contributed by atoms with Crippen molar-refractivity contribution in [1.29, 1.82) is 0 Å². The van der Waals surface area contributed by atoms with Gasteiger partial charge in [0.05, 0.1) is 0 Å². The number of aryl methyl sites for hydroxylation is 1. The van der Waals surface area contributed by atoms with E-state index in [1.165, 1.54) is 18.3 Å².